The van der Waals surface area contributed by atoms with Gasteiger partial charge in [-0.25, -0.2) is 17.2 Å². The van der Waals surface area contributed by atoms with Crippen molar-refractivity contribution in [2.75, 3.05) is 0 Å². The molecular weight excluding hydrogens is 349 g/mol. The van der Waals surface area contributed by atoms with Gasteiger partial charge < -0.3 is 0 Å². The molecule has 1 aromatic carbocycles. The number of hydrogen-bond donors (Lipinski definition) is 0. The SMILES string of the molecule is N#Cc1cc(SC(F)(F)F)c(S(=O)(=O)Cl)cc1C(F)F. The number of thioether (sulfide) groups is 1. The van der Waals surface area contributed by atoms with E-state index in [1.54, 1.807) is 0 Å². The summed E-state index contributed by atoms with van der Waals surface area (Å²) in [7, 11) is 0.250. The van der Waals surface area contributed by atoms with E-state index in [1.165, 1.54) is 6.07 Å². The van der Waals surface area contributed by atoms with Gasteiger partial charge in [0, 0.05) is 21.1 Å². The third-order valence-corrected chi connectivity index (χ3v) is 4.24. The van der Waals surface area contributed by atoms with E-state index >= 15 is 0 Å². The summed E-state index contributed by atoms with van der Waals surface area (Å²) in [6, 6.07) is 1.99. The predicted molar refractivity (Wildman–Crippen MR) is 61.1 cm³/mol. The van der Waals surface area contributed by atoms with Crippen molar-refractivity contribution >= 4 is 31.5 Å². The Morgan fingerprint density at radius 2 is 1.85 bits per heavy atom. The fourth-order valence-electron chi connectivity index (χ4n) is 1.25. The molecule has 20 heavy (non-hydrogen) atoms. The van der Waals surface area contributed by atoms with Gasteiger partial charge in [0.1, 0.15) is 0 Å². The Morgan fingerprint density at radius 3 is 2.20 bits per heavy atom. The summed E-state index contributed by atoms with van der Waals surface area (Å²) in [5, 5.41) is 8.63. The molecule has 1 aromatic rings. The fraction of sp³-hybridized carbons (Fsp3) is 0.222. The van der Waals surface area contributed by atoms with E-state index in [2.05, 4.69) is 0 Å². The summed E-state index contributed by atoms with van der Waals surface area (Å²) in [6.07, 6.45) is -3.23. The van der Waals surface area contributed by atoms with Crippen molar-refractivity contribution in [2.24, 2.45) is 0 Å². The molecule has 0 fully saturated rings. The first kappa shape index (κ1) is 17.0. The van der Waals surface area contributed by atoms with Crippen molar-refractivity contribution in [3.05, 3.63) is 23.3 Å². The van der Waals surface area contributed by atoms with Gasteiger partial charge in [-0.05, 0) is 23.9 Å². The maximum Gasteiger partial charge on any atom is 0.446 e. The van der Waals surface area contributed by atoms with Crippen LogP contribution in [0.15, 0.2) is 21.9 Å². The van der Waals surface area contributed by atoms with Crippen molar-refractivity contribution in [3.63, 3.8) is 0 Å². The summed E-state index contributed by atoms with van der Waals surface area (Å²) in [6.45, 7) is 0. The van der Waals surface area contributed by atoms with E-state index in [4.69, 9.17) is 15.9 Å². The lowest BCUT2D eigenvalue weighted by molar-refractivity contribution is -0.0328. The van der Waals surface area contributed by atoms with Gasteiger partial charge in [0.05, 0.1) is 16.5 Å². The van der Waals surface area contributed by atoms with Crippen LogP contribution >= 0.6 is 22.4 Å². The molecule has 0 spiro atoms. The van der Waals surface area contributed by atoms with Crippen LogP contribution in [-0.4, -0.2) is 13.9 Å². The lowest BCUT2D eigenvalue weighted by Gasteiger charge is -2.12. The Hall–Kier alpha value is -1.05. The molecule has 0 aromatic heterocycles. The van der Waals surface area contributed by atoms with Crippen LogP contribution in [0.5, 0.6) is 0 Å². The average molecular weight is 352 g/mol. The third-order valence-electron chi connectivity index (χ3n) is 1.96. The molecule has 0 saturated heterocycles. The molecule has 11 heteroatoms. The van der Waals surface area contributed by atoms with E-state index in [0.717, 1.165) is 0 Å². The topological polar surface area (TPSA) is 57.9 Å². The van der Waals surface area contributed by atoms with Gasteiger partial charge in [-0.2, -0.15) is 18.4 Å². The minimum Gasteiger partial charge on any atom is -0.207 e. The second-order valence-electron chi connectivity index (χ2n) is 3.28. The standard InChI is InChI=1S/C9H3ClF5NO2S2/c10-20(17,18)7-2-5(8(11)12)4(3-16)1-6(7)19-9(13,14)15/h1-2,8H. The van der Waals surface area contributed by atoms with Crippen LogP contribution in [0.2, 0.25) is 0 Å². The zero-order valence-electron chi connectivity index (χ0n) is 9.08. The van der Waals surface area contributed by atoms with Crippen molar-refractivity contribution in [1.29, 1.82) is 5.26 Å². The molecule has 0 heterocycles. The lowest BCUT2D eigenvalue weighted by Crippen LogP contribution is -2.05. The summed E-state index contributed by atoms with van der Waals surface area (Å²) >= 11 is -0.855. The van der Waals surface area contributed by atoms with E-state index in [1.807, 2.05) is 0 Å². The van der Waals surface area contributed by atoms with Crippen molar-refractivity contribution in [3.8, 4) is 6.07 Å². The number of benzene rings is 1. The van der Waals surface area contributed by atoms with Gasteiger partial charge in [-0.1, -0.05) is 0 Å². The smallest absolute Gasteiger partial charge is 0.207 e. The minimum absolute atomic E-state index is 0.277. The van der Waals surface area contributed by atoms with E-state index < -0.39 is 53.7 Å². The molecule has 0 amide bonds. The van der Waals surface area contributed by atoms with Crippen LogP contribution in [0.25, 0.3) is 0 Å². The average Bonchev–Trinajstić information content (AvgIpc) is 2.24. The monoisotopic (exact) mass is 351 g/mol. The number of alkyl halides is 5. The highest BCUT2D eigenvalue weighted by atomic mass is 35.7. The highest BCUT2D eigenvalue weighted by molar-refractivity contribution is 8.14. The molecule has 0 bridgehead atoms. The van der Waals surface area contributed by atoms with Gasteiger partial charge in [0.15, 0.2) is 0 Å². The summed E-state index contributed by atoms with van der Waals surface area (Å²) in [4.78, 5) is -2.05. The van der Waals surface area contributed by atoms with Crippen molar-refractivity contribution in [2.45, 2.75) is 21.7 Å². The highest BCUT2D eigenvalue weighted by Gasteiger charge is 2.33. The van der Waals surface area contributed by atoms with Crippen LogP contribution in [0.3, 0.4) is 0 Å². The first-order chi connectivity index (χ1) is 8.95. The zero-order chi connectivity index (χ0) is 15.7. The first-order valence-corrected chi connectivity index (χ1v) is 7.65. The second kappa shape index (κ2) is 5.75. The highest BCUT2D eigenvalue weighted by Crippen LogP contribution is 2.42. The Labute approximate surface area is 118 Å². The molecule has 0 saturated carbocycles. The number of hydrogen-bond acceptors (Lipinski definition) is 4. The molecular formula is C9H3ClF5NO2S2. The number of rotatable bonds is 3. The van der Waals surface area contributed by atoms with Gasteiger partial charge in [0.2, 0.25) is 0 Å². The van der Waals surface area contributed by atoms with Crippen LogP contribution in [0.4, 0.5) is 22.0 Å². The Morgan fingerprint density at radius 1 is 1.30 bits per heavy atom. The molecule has 0 unspecified atom stereocenters. The molecule has 0 atom stereocenters. The fourth-order valence-corrected chi connectivity index (χ4v) is 3.37. The van der Waals surface area contributed by atoms with Crippen molar-refractivity contribution < 1.29 is 30.4 Å². The molecule has 1 rings (SSSR count). The van der Waals surface area contributed by atoms with Crippen LogP contribution in [0, 0.1) is 11.3 Å². The predicted octanol–water partition coefficient (Wildman–Crippen LogP) is 4.04. The summed E-state index contributed by atoms with van der Waals surface area (Å²) in [5.41, 5.74) is -6.62. The first-order valence-electron chi connectivity index (χ1n) is 4.52. The van der Waals surface area contributed by atoms with E-state index in [-0.39, 0.29) is 6.07 Å². The third kappa shape index (κ3) is 4.22. The van der Waals surface area contributed by atoms with Crippen LogP contribution < -0.4 is 0 Å². The second-order valence-corrected chi connectivity index (χ2v) is 6.93. The van der Waals surface area contributed by atoms with Gasteiger partial charge >= 0.3 is 5.51 Å². The quantitative estimate of drug-likeness (QED) is 0.468. The van der Waals surface area contributed by atoms with Crippen LogP contribution in [0.1, 0.15) is 17.6 Å². The molecule has 110 valence electrons. The number of nitriles is 1. The molecule has 0 aliphatic rings. The Kier molecular flexibility index (Phi) is 4.89. The van der Waals surface area contributed by atoms with Gasteiger partial charge in [-0.15, -0.1) is 0 Å². The van der Waals surface area contributed by atoms with E-state index in [0.29, 0.717) is 6.07 Å². The largest absolute Gasteiger partial charge is 0.446 e. The molecule has 3 nitrogen and oxygen atoms in total. The molecule has 0 radical (unpaired) electrons. The summed E-state index contributed by atoms with van der Waals surface area (Å²) < 4.78 is 84.5. The number of nitrogens with zero attached hydrogens (tertiary/aromatic N) is 1. The van der Waals surface area contributed by atoms with Gasteiger partial charge in [-0.3, -0.25) is 0 Å². The maximum atomic E-state index is 12.6. The van der Waals surface area contributed by atoms with Crippen LogP contribution in [-0.2, 0) is 9.05 Å². The zero-order valence-corrected chi connectivity index (χ0v) is 11.5. The lowest BCUT2D eigenvalue weighted by atomic mass is 10.1. The van der Waals surface area contributed by atoms with Crippen molar-refractivity contribution in [1.82, 2.24) is 0 Å². The molecule has 0 N–H and O–H groups in total. The Balaban J connectivity index is 3.62. The summed E-state index contributed by atoms with van der Waals surface area (Å²) in [5.74, 6) is 0. The minimum atomic E-state index is -4.87. The molecule has 0 aliphatic heterocycles. The van der Waals surface area contributed by atoms with Gasteiger partial charge in [0.25, 0.3) is 15.5 Å². The number of halogens is 6. The van der Waals surface area contributed by atoms with E-state index in [9.17, 15) is 30.4 Å². The maximum absolute atomic E-state index is 12.6. The molecule has 0 aliphatic carbocycles. The normalized spacial score (nSPS) is 12.5. The Bertz CT molecular complexity index is 666.